The standard InChI is InChI=1S/C23H23N3O4S/c1-2-12-30-20-11-4-3-10-19(20)22(28)26-23(31)25-17-8-5-7-16(14-17)21(27)24-15-18-9-6-13-29-18/h3-11,13-14H,2,12,15H2,1H3,(H,24,27)(H2,25,26,28,31). The van der Waals surface area contributed by atoms with Gasteiger partial charge in [-0.2, -0.15) is 0 Å². The molecule has 0 unspecified atom stereocenters. The zero-order valence-electron chi connectivity index (χ0n) is 17.0. The lowest BCUT2D eigenvalue weighted by molar-refractivity contribution is 0.0945. The molecule has 0 aliphatic rings. The van der Waals surface area contributed by atoms with Crippen molar-refractivity contribution >= 4 is 34.8 Å². The molecule has 1 heterocycles. The molecule has 8 heteroatoms. The van der Waals surface area contributed by atoms with E-state index in [0.29, 0.717) is 34.9 Å². The van der Waals surface area contributed by atoms with Crippen LogP contribution in [0.5, 0.6) is 5.75 Å². The Labute approximate surface area is 185 Å². The number of rotatable bonds is 8. The molecule has 7 nitrogen and oxygen atoms in total. The Bertz CT molecular complexity index is 1050. The molecule has 0 atom stereocenters. The lowest BCUT2D eigenvalue weighted by Gasteiger charge is -2.13. The van der Waals surface area contributed by atoms with Gasteiger partial charge in [0.1, 0.15) is 11.5 Å². The van der Waals surface area contributed by atoms with E-state index in [4.69, 9.17) is 21.4 Å². The first-order chi connectivity index (χ1) is 15.1. The number of hydrogen-bond donors (Lipinski definition) is 3. The van der Waals surface area contributed by atoms with Crippen LogP contribution in [0.1, 0.15) is 39.8 Å². The summed E-state index contributed by atoms with van der Waals surface area (Å²) in [5.74, 6) is 0.531. The van der Waals surface area contributed by atoms with Gasteiger partial charge < -0.3 is 19.8 Å². The molecule has 2 amide bonds. The number of thiocarbonyl (C=S) groups is 1. The van der Waals surface area contributed by atoms with Crippen LogP contribution in [0.2, 0.25) is 0 Å². The van der Waals surface area contributed by atoms with Crippen LogP contribution in [0, 0.1) is 0 Å². The van der Waals surface area contributed by atoms with Crippen molar-refractivity contribution in [1.29, 1.82) is 0 Å². The second-order valence-electron chi connectivity index (χ2n) is 6.60. The minimum atomic E-state index is -0.378. The number of para-hydroxylation sites is 1. The maximum absolute atomic E-state index is 12.6. The SMILES string of the molecule is CCCOc1ccccc1C(=O)NC(=S)Nc1cccc(C(=O)NCc2ccco2)c1. The fourth-order valence-corrected chi connectivity index (χ4v) is 2.96. The van der Waals surface area contributed by atoms with Gasteiger partial charge in [0.2, 0.25) is 0 Å². The molecule has 3 N–H and O–H groups in total. The summed E-state index contributed by atoms with van der Waals surface area (Å²) in [7, 11) is 0. The van der Waals surface area contributed by atoms with Crippen molar-refractivity contribution < 1.29 is 18.7 Å². The molecule has 3 rings (SSSR count). The Morgan fingerprint density at radius 3 is 2.65 bits per heavy atom. The molecule has 0 aliphatic carbocycles. The van der Waals surface area contributed by atoms with Gasteiger partial charge in [0.25, 0.3) is 11.8 Å². The van der Waals surface area contributed by atoms with Crippen LogP contribution in [0.4, 0.5) is 5.69 Å². The first kappa shape index (κ1) is 22.0. The van der Waals surface area contributed by atoms with Crippen LogP contribution >= 0.6 is 12.2 Å². The molecule has 0 spiro atoms. The van der Waals surface area contributed by atoms with Crippen LogP contribution in [0.25, 0.3) is 0 Å². The third-order valence-electron chi connectivity index (χ3n) is 4.21. The molecule has 160 valence electrons. The fraction of sp³-hybridized carbons (Fsp3) is 0.174. The maximum atomic E-state index is 12.6. The molecule has 0 bridgehead atoms. The Balaban J connectivity index is 1.59. The Morgan fingerprint density at radius 2 is 1.87 bits per heavy atom. The highest BCUT2D eigenvalue weighted by molar-refractivity contribution is 7.80. The quantitative estimate of drug-likeness (QED) is 0.459. The van der Waals surface area contributed by atoms with E-state index in [9.17, 15) is 9.59 Å². The van der Waals surface area contributed by atoms with Gasteiger partial charge in [0, 0.05) is 11.3 Å². The highest BCUT2D eigenvalue weighted by Gasteiger charge is 2.14. The minimum Gasteiger partial charge on any atom is -0.493 e. The van der Waals surface area contributed by atoms with Crippen molar-refractivity contribution in [2.45, 2.75) is 19.9 Å². The molecule has 0 fully saturated rings. The molecule has 31 heavy (non-hydrogen) atoms. The number of benzene rings is 2. The zero-order valence-corrected chi connectivity index (χ0v) is 17.8. The maximum Gasteiger partial charge on any atom is 0.261 e. The van der Waals surface area contributed by atoms with Gasteiger partial charge in [-0.15, -0.1) is 0 Å². The zero-order chi connectivity index (χ0) is 22.1. The molecule has 2 aromatic carbocycles. The van der Waals surface area contributed by atoms with Crippen LogP contribution in [-0.4, -0.2) is 23.5 Å². The Morgan fingerprint density at radius 1 is 1.03 bits per heavy atom. The average Bonchev–Trinajstić information content (AvgIpc) is 3.30. The number of anilines is 1. The summed E-state index contributed by atoms with van der Waals surface area (Å²) in [6.07, 6.45) is 2.39. The molecule has 1 aromatic heterocycles. The molecule has 0 radical (unpaired) electrons. The van der Waals surface area contributed by atoms with Crippen molar-refractivity contribution in [1.82, 2.24) is 10.6 Å². The molecular formula is C23H23N3O4S. The van der Waals surface area contributed by atoms with E-state index >= 15 is 0 Å². The molecule has 0 saturated heterocycles. The Kier molecular flexibility index (Phi) is 7.78. The number of carbonyl (C=O) groups excluding carboxylic acids is 2. The summed E-state index contributed by atoms with van der Waals surface area (Å²) in [5, 5.41) is 8.47. The predicted octanol–water partition coefficient (Wildman–Crippen LogP) is 4.13. The van der Waals surface area contributed by atoms with Gasteiger partial charge in [-0.3, -0.25) is 14.9 Å². The van der Waals surface area contributed by atoms with Gasteiger partial charge in [-0.25, -0.2) is 0 Å². The number of carbonyl (C=O) groups is 2. The van der Waals surface area contributed by atoms with Gasteiger partial charge >= 0.3 is 0 Å². The van der Waals surface area contributed by atoms with E-state index in [0.717, 1.165) is 6.42 Å². The van der Waals surface area contributed by atoms with Gasteiger partial charge in [-0.1, -0.05) is 25.1 Å². The van der Waals surface area contributed by atoms with Crippen molar-refractivity contribution in [3.63, 3.8) is 0 Å². The van der Waals surface area contributed by atoms with Crippen LogP contribution in [0.3, 0.4) is 0 Å². The number of furan rings is 1. The lowest BCUT2D eigenvalue weighted by atomic mass is 10.2. The smallest absolute Gasteiger partial charge is 0.261 e. The van der Waals surface area contributed by atoms with Crippen LogP contribution in [0.15, 0.2) is 71.3 Å². The first-order valence-corrected chi connectivity index (χ1v) is 10.2. The van der Waals surface area contributed by atoms with Gasteiger partial charge in [0.05, 0.1) is 25.0 Å². The Hall–Kier alpha value is -3.65. The summed E-state index contributed by atoms with van der Waals surface area (Å²) < 4.78 is 10.8. The molecule has 0 saturated carbocycles. The van der Waals surface area contributed by atoms with Crippen molar-refractivity contribution in [3.05, 3.63) is 83.8 Å². The molecule has 0 aliphatic heterocycles. The second-order valence-corrected chi connectivity index (χ2v) is 7.00. The molecule has 3 aromatic rings. The van der Waals surface area contributed by atoms with E-state index in [1.807, 2.05) is 6.92 Å². The van der Waals surface area contributed by atoms with E-state index in [-0.39, 0.29) is 23.5 Å². The second kappa shape index (κ2) is 10.9. The van der Waals surface area contributed by atoms with E-state index in [1.165, 1.54) is 0 Å². The van der Waals surface area contributed by atoms with Crippen molar-refractivity contribution in [2.75, 3.05) is 11.9 Å². The number of ether oxygens (including phenoxy) is 1. The molecular weight excluding hydrogens is 414 g/mol. The lowest BCUT2D eigenvalue weighted by Crippen LogP contribution is -2.34. The van der Waals surface area contributed by atoms with Gasteiger partial charge in [-0.05, 0) is 61.1 Å². The highest BCUT2D eigenvalue weighted by Crippen LogP contribution is 2.18. The predicted molar refractivity (Wildman–Crippen MR) is 122 cm³/mol. The summed E-state index contributed by atoms with van der Waals surface area (Å²) >= 11 is 5.26. The number of hydrogen-bond acceptors (Lipinski definition) is 5. The third-order valence-corrected chi connectivity index (χ3v) is 4.41. The number of amides is 2. The normalized spacial score (nSPS) is 10.2. The van der Waals surface area contributed by atoms with Crippen LogP contribution in [-0.2, 0) is 6.54 Å². The topological polar surface area (TPSA) is 92.6 Å². The van der Waals surface area contributed by atoms with Crippen LogP contribution < -0.4 is 20.7 Å². The third kappa shape index (κ3) is 6.42. The fourth-order valence-electron chi connectivity index (χ4n) is 2.75. The summed E-state index contributed by atoms with van der Waals surface area (Å²) in [6.45, 7) is 2.80. The van der Waals surface area contributed by atoms with E-state index in [1.54, 1.807) is 66.9 Å². The van der Waals surface area contributed by atoms with Gasteiger partial charge in [0.15, 0.2) is 5.11 Å². The minimum absolute atomic E-state index is 0.114. The van der Waals surface area contributed by atoms with E-state index in [2.05, 4.69) is 16.0 Å². The first-order valence-electron chi connectivity index (χ1n) is 9.81. The van der Waals surface area contributed by atoms with Crippen molar-refractivity contribution in [2.24, 2.45) is 0 Å². The summed E-state index contributed by atoms with van der Waals surface area (Å²) in [6, 6.07) is 17.3. The monoisotopic (exact) mass is 437 g/mol. The average molecular weight is 438 g/mol. The largest absolute Gasteiger partial charge is 0.493 e. The summed E-state index contributed by atoms with van der Waals surface area (Å²) in [4.78, 5) is 25.0. The summed E-state index contributed by atoms with van der Waals surface area (Å²) in [5.41, 5.74) is 1.42. The number of nitrogens with one attached hydrogen (secondary N) is 3. The van der Waals surface area contributed by atoms with Crippen molar-refractivity contribution in [3.8, 4) is 5.75 Å². The van der Waals surface area contributed by atoms with E-state index < -0.39 is 0 Å². The highest BCUT2D eigenvalue weighted by atomic mass is 32.1.